The molecule has 1 aliphatic heterocycles. The van der Waals surface area contributed by atoms with Crippen molar-refractivity contribution in [2.45, 2.75) is 0 Å². The maximum Gasteiger partial charge on any atom is 0.270 e. The van der Waals surface area contributed by atoms with Gasteiger partial charge in [0.2, 0.25) is 0 Å². The summed E-state index contributed by atoms with van der Waals surface area (Å²) in [6.45, 7) is 0. The lowest BCUT2D eigenvalue weighted by Gasteiger charge is -2.15. The molecule has 30 heavy (non-hydrogen) atoms. The number of amides is 1. The summed E-state index contributed by atoms with van der Waals surface area (Å²) < 4.78 is 0.417. The van der Waals surface area contributed by atoms with Crippen molar-refractivity contribution in [3.05, 3.63) is 99.4 Å². The third-order valence-electron chi connectivity index (χ3n) is 4.36. The first-order valence-electron chi connectivity index (χ1n) is 8.96. The monoisotopic (exact) mass is 433 g/mol. The molecule has 1 fully saturated rings. The summed E-state index contributed by atoms with van der Waals surface area (Å²) >= 11 is 6.58. The molecule has 1 N–H and O–H groups in total. The number of nitrogens with zero attached hydrogens (tertiary/aromatic N) is 2. The van der Waals surface area contributed by atoms with Crippen LogP contribution in [0.1, 0.15) is 5.56 Å². The molecular formula is C22H15N3O3S2. The Morgan fingerprint density at radius 2 is 1.67 bits per heavy atom. The number of non-ortho nitro benzene ring substituents is 1. The number of thioether (sulfide) groups is 1. The van der Waals surface area contributed by atoms with Crippen molar-refractivity contribution in [1.29, 1.82) is 0 Å². The van der Waals surface area contributed by atoms with E-state index < -0.39 is 4.92 Å². The standard InChI is InChI=1S/C22H15N3O3S2/c26-21-20(14-15-5-4-8-19(13-15)25(27)28)30-22(29)24(21)18-11-9-17(10-12-18)23-16-6-2-1-3-7-16/h1-14,23H/b20-14-. The van der Waals surface area contributed by atoms with Gasteiger partial charge in [-0.3, -0.25) is 19.8 Å². The molecule has 8 heteroatoms. The number of carbonyl (C=O) groups excluding carboxylic acids is 1. The molecule has 0 radical (unpaired) electrons. The smallest absolute Gasteiger partial charge is 0.270 e. The van der Waals surface area contributed by atoms with E-state index in [-0.39, 0.29) is 11.6 Å². The van der Waals surface area contributed by atoms with Crippen molar-refractivity contribution in [3.8, 4) is 0 Å². The number of nitro groups is 1. The van der Waals surface area contributed by atoms with Gasteiger partial charge in [0.15, 0.2) is 4.32 Å². The van der Waals surface area contributed by atoms with Crippen LogP contribution in [-0.4, -0.2) is 15.2 Å². The molecule has 1 saturated heterocycles. The molecule has 1 heterocycles. The van der Waals surface area contributed by atoms with E-state index in [1.165, 1.54) is 28.8 Å². The summed E-state index contributed by atoms with van der Waals surface area (Å²) in [6.07, 6.45) is 1.62. The van der Waals surface area contributed by atoms with Crippen LogP contribution in [0.5, 0.6) is 0 Å². The van der Waals surface area contributed by atoms with E-state index in [9.17, 15) is 14.9 Å². The maximum atomic E-state index is 12.9. The third-order valence-corrected chi connectivity index (χ3v) is 5.66. The Bertz CT molecular complexity index is 1160. The van der Waals surface area contributed by atoms with Crippen molar-refractivity contribution >= 4 is 63.0 Å². The number of hydrogen-bond acceptors (Lipinski definition) is 6. The number of nitro benzene ring substituents is 1. The number of rotatable bonds is 5. The Balaban J connectivity index is 1.54. The Hall–Kier alpha value is -3.49. The predicted octanol–water partition coefficient (Wildman–Crippen LogP) is 5.74. The molecule has 0 bridgehead atoms. The van der Waals surface area contributed by atoms with Crippen molar-refractivity contribution < 1.29 is 9.72 Å². The van der Waals surface area contributed by atoms with Gasteiger partial charge in [0.1, 0.15) is 0 Å². The second-order valence-electron chi connectivity index (χ2n) is 6.41. The molecule has 4 rings (SSSR count). The number of thiocarbonyl (C=S) groups is 1. The van der Waals surface area contributed by atoms with Gasteiger partial charge in [-0.1, -0.05) is 54.3 Å². The van der Waals surface area contributed by atoms with Crippen LogP contribution in [0, 0.1) is 10.1 Å². The first-order chi connectivity index (χ1) is 14.5. The summed E-state index contributed by atoms with van der Waals surface area (Å²) in [5.74, 6) is -0.250. The van der Waals surface area contributed by atoms with E-state index in [1.807, 2.05) is 54.6 Å². The highest BCUT2D eigenvalue weighted by Gasteiger charge is 2.33. The molecule has 1 aliphatic rings. The fourth-order valence-electron chi connectivity index (χ4n) is 2.95. The fraction of sp³-hybridized carbons (Fsp3) is 0. The summed E-state index contributed by atoms with van der Waals surface area (Å²) in [6, 6.07) is 23.3. The van der Waals surface area contributed by atoms with Gasteiger partial charge < -0.3 is 5.32 Å². The molecule has 0 spiro atoms. The van der Waals surface area contributed by atoms with Gasteiger partial charge in [-0.15, -0.1) is 0 Å². The van der Waals surface area contributed by atoms with E-state index in [1.54, 1.807) is 18.2 Å². The predicted molar refractivity (Wildman–Crippen MR) is 125 cm³/mol. The van der Waals surface area contributed by atoms with E-state index >= 15 is 0 Å². The fourth-order valence-corrected chi connectivity index (χ4v) is 4.25. The lowest BCUT2D eigenvalue weighted by molar-refractivity contribution is -0.384. The van der Waals surface area contributed by atoms with E-state index in [0.29, 0.717) is 20.5 Å². The average Bonchev–Trinajstić information content (AvgIpc) is 3.02. The zero-order chi connectivity index (χ0) is 21.1. The van der Waals surface area contributed by atoms with Gasteiger partial charge in [0.05, 0.1) is 15.5 Å². The third kappa shape index (κ3) is 4.24. The van der Waals surface area contributed by atoms with Gasteiger partial charge in [0.25, 0.3) is 11.6 Å². The Morgan fingerprint density at radius 3 is 2.37 bits per heavy atom. The first-order valence-corrected chi connectivity index (χ1v) is 10.2. The zero-order valence-electron chi connectivity index (χ0n) is 15.5. The molecular weight excluding hydrogens is 418 g/mol. The summed E-state index contributed by atoms with van der Waals surface area (Å²) in [4.78, 5) is 25.3. The second-order valence-corrected chi connectivity index (χ2v) is 8.08. The minimum absolute atomic E-state index is 0.0271. The number of para-hydroxylation sites is 1. The van der Waals surface area contributed by atoms with Crippen LogP contribution in [0.3, 0.4) is 0 Å². The van der Waals surface area contributed by atoms with Gasteiger partial charge in [-0.05, 0) is 48.0 Å². The highest BCUT2D eigenvalue weighted by atomic mass is 32.2. The largest absolute Gasteiger partial charge is 0.356 e. The number of hydrogen-bond donors (Lipinski definition) is 1. The van der Waals surface area contributed by atoms with Crippen molar-refractivity contribution in [2.24, 2.45) is 0 Å². The summed E-state index contributed by atoms with van der Waals surface area (Å²) in [7, 11) is 0. The molecule has 1 amide bonds. The number of nitrogens with one attached hydrogen (secondary N) is 1. The molecule has 6 nitrogen and oxygen atoms in total. The maximum absolute atomic E-state index is 12.9. The molecule has 0 saturated carbocycles. The number of anilines is 3. The highest BCUT2D eigenvalue weighted by Crippen LogP contribution is 2.36. The first kappa shape index (κ1) is 19.8. The topological polar surface area (TPSA) is 75.5 Å². The van der Waals surface area contributed by atoms with E-state index in [4.69, 9.17) is 12.2 Å². The van der Waals surface area contributed by atoms with Gasteiger partial charge >= 0.3 is 0 Å². The SMILES string of the molecule is O=C1/C(=C/c2cccc([N+](=O)[O-])c2)SC(=S)N1c1ccc(Nc2ccccc2)cc1. The van der Waals surface area contributed by atoms with Crippen molar-refractivity contribution in [1.82, 2.24) is 0 Å². The van der Waals surface area contributed by atoms with Crippen LogP contribution in [0.15, 0.2) is 83.8 Å². The average molecular weight is 434 g/mol. The van der Waals surface area contributed by atoms with Crippen LogP contribution in [0.25, 0.3) is 6.08 Å². The Kier molecular flexibility index (Phi) is 5.60. The van der Waals surface area contributed by atoms with Gasteiger partial charge in [-0.25, -0.2) is 0 Å². The lowest BCUT2D eigenvalue weighted by atomic mass is 10.2. The molecule has 3 aromatic rings. The van der Waals surface area contributed by atoms with Gasteiger partial charge in [-0.2, -0.15) is 0 Å². The normalized spacial score (nSPS) is 14.9. The van der Waals surface area contributed by atoms with Crippen LogP contribution in [-0.2, 0) is 4.79 Å². The van der Waals surface area contributed by atoms with Crippen molar-refractivity contribution in [3.63, 3.8) is 0 Å². The lowest BCUT2D eigenvalue weighted by Crippen LogP contribution is -2.27. The molecule has 3 aromatic carbocycles. The number of carbonyl (C=O) groups is 1. The van der Waals surface area contributed by atoms with E-state index in [2.05, 4.69) is 5.32 Å². The molecule has 148 valence electrons. The molecule has 0 aliphatic carbocycles. The Labute approximate surface area is 182 Å². The molecule has 0 atom stereocenters. The van der Waals surface area contributed by atoms with Crippen LogP contribution in [0.4, 0.5) is 22.7 Å². The summed E-state index contributed by atoms with van der Waals surface area (Å²) in [5.41, 5.74) is 3.07. The Morgan fingerprint density at radius 1 is 0.967 bits per heavy atom. The van der Waals surface area contributed by atoms with Crippen LogP contribution < -0.4 is 10.2 Å². The minimum atomic E-state index is -0.465. The van der Waals surface area contributed by atoms with Gasteiger partial charge in [0, 0.05) is 23.5 Å². The second kappa shape index (κ2) is 8.48. The van der Waals surface area contributed by atoms with Crippen LogP contribution in [0.2, 0.25) is 0 Å². The summed E-state index contributed by atoms with van der Waals surface area (Å²) in [5, 5.41) is 14.3. The molecule has 0 aromatic heterocycles. The highest BCUT2D eigenvalue weighted by molar-refractivity contribution is 8.27. The zero-order valence-corrected chi connectivity index (χ0v) is 17.2. The van der Waals surface area contributed by atoms with E-state index in [0.717, 1.165) is 11.4 Å². The molecule has 0 unspecified atom stereocenters. The minimum Gasteiger partial charge on any atom is -0.356 e. The van der Waals surface area contributed by atoms with Crippen molar-refractivity contribution in [2.75, 3.05) is 10.2 Å². The quantitative estimate of drug-likeness (QED) is 0.239. The van der Waals surface area contributed by atoms with Crippen LogP contribution >= 0.6 is 24.0 Å². The number of benzene rings is 3.